The lowest BCUT2D eigenvalue weighted by Crippen LogP contribution is -2.13. The van der Waals surface area contributed by atoms with Gasteiger partial charge in [0, 0.05) is 35.1 Å². The zero-order chi connectivity index (χ0) is 22.1. The maximum atomic E-state index is 9.84. The Labute approximate surface area is 191 Å². The second kappa shape index (κ2) is 8.73. The van der Waals surface area contributed by atoms with E-state index in [1.807, 2.05) is 37.3 Å². The van der Waals surface area contributed by atoms with Crippen molar-refractivity contribution in [3.05, 3.63) is 94.3 Å². The highest BCUT2D eigenvalue weighted by Gasteiger charge is 2.27. The van der Waals surface area contributed by atoms with Crippen molar-refractivity contribution in [2.75, 3.05) is 0 Å². The molecule has 0 amide bonds. The van der Waals surface area contributed by atoms with Crippen molar-refractivity contribution < 1.29 is 9.84 Å². The topological polar surface area (TPSA) is 68.1 Å². The molecule has 0 aliphatic carbocycles. The molecule has 2 aromatic heterocycles. The van der Waals surface area contributed by atoms with Crippen LogP contribution in [-0.2, 0) is 18.8 Å². The summed E-state index contributed by atoms with van der Waals surface area (Å²) in [7, 11) is 0. The summed E-state index contributed by atoms with van der Waals surface area (Å²) in [4.78, 5) is 14.1. The third-order valence-electron chi connectivity index (χ3n) is 5.55. The quantitative estimate of drug-likeness (QED) is 0.281. The summed E-state index contributed by atoms with van der Waals surface area (Å²) in [5, 5.41) is 10.7. The molecular formula is C26H23N3O2S. The van der Waals surface area contributed by atoms with Gasteiger partial charge in [0.15, 0.2) is 11.6 Å². The Morgan fingerprint density at radius 1 is 1.00 bits per heavy atom. The zero-order valence-electron chi connectivity index (χ0n) is 18.0. The molecule has 0 saturated heterocycles. The maximum absolute atomic E-state index is 9.84. The maximum Gasteiger partial charge on any atom is 0.227 e. The molecule has 3 heterocycles. The molecule has 160 valence electrons. The first-order valence-electron chi connectivity index (χ1n) is 10.5. The Balaban J connectivity index is 1.60. The fraction of sp³-hybridized carbons (Fsp3) is 0.192. The molecule has 4 aromatic rings. The van der Waals surface area contributed by atoms with Crippen molar-refractivity contribution in [3.8, 4) is 23.0 Å². The van der Waals surface area contributed by atoms with Crippen LogP contribution in [0.25, 0.3) is 11.4 Å². The number of aryl methyl sites for hydroxylation is 2. The number of fused-ring (bicyclic) bond motifs is 2. The van der Waals surface area contributed by atoms with Gasteiger partial charge in [-0.1, -0.05) is 54.1 Å². The summed E-state index contributed by atoms with van der Waals surface area (Å²) < 4.78 is 6.30. The number of benzene rings is 2. The molecule has 6 heteroatoms. The number of ether oxygens (including phenoxy) is 1. The summed E-state index contributed by atoms with van der Waals surface area (Å²) in [5.74, 6) is 2.71. The van der Waals surface area contributed by atoms with Crippen LogP contribution >= 0.6 is 11.8 Å². The smallest absolute Gasteiger partial charge is 0.227 e. The van der Waals surface area contributed by atoms with Crippen LogP contribution in [-0.4, -0.2) is 20.1 Å². The van der Waals surface area contributed by atoms with E-state index in [1.165, 1.54) is 5.56 Å². The minimum atomic E-state index is -0.0803. The molecule has 0 fully saturated rings. The summed E-state index contributed by atoms with van der Waals surface area (Å²) in [6.45, 7) is 3.90. The molecule has 0 saturated carbocycles. The number of pyridine rings is 1. The van der Waals surface area contributed by atoms with Crippen LogP contribution in [0.5, 0.6) is 11.6 Å². The third kappa shape index (κ3) is 3.99. The second-order valence-electron chi connectivity index (χ2n) is 7.89. The second-order valence-corrected chi connectivity index (χ2v) is 8.86. The van der Waals surface area contributed by atoms with Gasteiger partial charge in [-0.3, -0.25) is 4.98 Å². The predicted molar refractivity (Wildman–Crippen MR) is 126 cm³/mol. The predicted octanol–water partition coefficient (Wildman–Crippen LogP) is 5.64. The van der Waals surface area contributed by atoms with Gasteiger partial charge in [-0.15, -0.1) is 11.8 Å². The van der Waals surface area contributed by atoms with Crippen molar-refractivity contribution in [3.63, 3.8) is 0 Å². The van der Waals surface area contributed by atoms with Gasteiger partial charge in [0.25, 0.3) is 0 Å². The highest BCUT2D eigenvalue weighted by Crippen LogP contribution is 2.43. The Kier molecular flexibility index (Phi) is 5.64. The van der Waals surface area contributed by atoms with Crippen LogP contribution in [0.15, 0.2) is 65.8 Å². The number of aliphatic hydroxyl groups excluding tert-OH is 1. The van der Waals surface area contributed by atoms with Crippen LogP contribution in [0.3, 0.4) is 0 Å². The Morgan fingerprint density at radius 3 is 2.62 bits per heavy atom. The average Bonchev–Trinajstić information content (AvgIpc) is 2.82. The molecule has 0 spiro atoms. The normalized spacial score (nSPS) is 12.1. The van der Waals surface area contributed by atoms with E-state index < -0.39 is 0 Å². The van der Waals surface area contributed by atoms with Crippen LogP contribution in [0.2, 0.25) is 0 Å². The van der Waals surface area contributed by atoms with E-state index in [4.69, 9.17) is 14.7 Å². The van der Waals surface area contributed by atoms with Gasteiger partial charge in [-0.05, 0) is 25.5 Å². The number of rotatable bonds is 5. The lowest BCUT2D eigenvalue weighted by molar-refractivity contribution is 0.278. The highest BCUT2D eigenvalue weighted by molar-refractivity contribution is 7.98. The molecule has 2 aromatic carbocycles. The molecule has 0 atom stereocenters. The molecule has 5 rings (SSSR count). The number of nitrogens with zero attached hydrogens (tertiary/aromatic N) is 3. The first-order valence-corrected chi connectivity index (χ1v) is 11.5. The van der Waals surface area contributed by atoms with E-state index in [9.17, 15) is 5.11 Å². The molecule has 0 unspecified atom stereocenters. The SMILES string of the molecule is Cc1cccc(-c2nc3c(c(SCc4ccccc4)n2)Cc2c(CO)cnc(C)c2O3)c1. The standard InChI is InChI=1S/C26H23N3O2S/c1-16-7-6-10-19(11-16)24-28-25-22(26(29-24)32-15-18-8-4-3-5-9-18)12-21-20(14-30)13-27-17(2)23(21)31-25/h3-11,13,30H,12,14-15H2,1-2H3. The summed E-state index contributed by atoms with van der Waals surface area (Å²) in [5.41, 5.74) is 6.82. The van der Waals surface area contributed by atoms with E-state index in [-0.39, 0.29) is 6.61 Å². The van der Waals surface area contributed by atoms with Crippen molar-refractivity contribution in [1.82, 2.24) is 15.0 Å². The van der Waals surface area contributed by atoms with Gasteiger partial charge >= 0.3 is 0 Å². The van der Waals surface area contributed by atoms with Crippen LogP contribution in [0.4, 0.5) is 0 Å². The van der Waals surface area contributed by atoms with Crippen LogP contribution < -0.4 is 4.74 Å². The summed E-state index contributed by atoms with van der Waals surface area (Å²) in [6, 6.07) is 18.5. The van der Waals surface area contributed by atoms with Gasteiger partial charge in [0.05, 0.1) is 17.9 Å². The highest BCUT2D eigenvalue weighted by atomic mass is 32.2. The minimum Gasteiger partial charge on any atom is -0.436 e. The van der Waals surface area contributed by atoms with E-state index in [0.717, 1.165) is 44.3 Å². The number of aliphatic hydroxyl groups is 1. The van der Waals surface area contributed by atoms with Gasteiger partial charge in [-0.2, -0.15) is 4.98 Å². The summed E-state index contributed by atoms with van der Waals surface area (Å²) in [6.07, 6.45) is 2.33. The van der Waals surface area contributed by atoms with E-state index in [0.29, 0.717) is 23.9 Å². The van der Waals surface area contributed by atoms with Crippen molar-refractivity contribution in [2.24, 2.45) is 0 Å². The van der Waals surface area contributed by atoms with E-state index >= 15 is 0 Å². The number of hydrogen-bond donors (Lipinski definition) is 1. The third-order valence-corrected chi connectivity index (χ3v) is 6.64. The molecule has 0 bridgehead atoms. The molecular weight excluding hydrogens is 418 g/mol. The average molecular weight is 442 g/mol. The number of thioether (sulfide) groups is 1. The monoisotopic (exact) mass is 441 g/mol. The fourth-order valence-electron chi connectivity index (χ4n) is 3.85. The molecule has 1 aliphatic rings. The molecule has 0 radical (unpaired) electrons. The van der Waals surface area contributed by atoms with Crippen molar-refractivity contribution in [2.45, 2.75) is 37.7 Å². The molecule has 1 N–H and O–H groups in total. The van der Waals surface area contributed by atoms with Gasteiger partial charge in [0.2, 0.25) is 5.88 Å². The molecule has 32 heavy (non-hydrogen) atoms. The summed E-state index contributed by atoms with van der Waals surface area (Å²) >= 11 is 1.68. The first-order chi connectivity index (χ1) is 15.6. The zero-order valence-corrected chi connectivity index (χ0v) is 18.8. The lowest BCUT2D eigenvalue weighted by atomic mass is 9.99. The largest absolute Gasteiger partial charge is 0.436 e. The van der Waals surface area contributed by atoms with Crippen molar-refractivity contribution in [1.29, 1.82) is 0 Å². The minimum absolute atomic E-state index is 0.0803. The number of aromatic nitrogens is 3. The Morgan fingerprint density at radius 2 is 1.84 bits per heavy atom. The molecule has 5 nitrogen and oxygen atoms in total. The fourth-order valence-corrected chi connectivity index (χ4v) is 4.83. The van der Waals surface area contributed by atoms with Crippen molar-refractivity contribution >= 4 is 11.8 Å². The van der Waals surface area contributed by atoms with Gasteiger partial charge in [0.1, 0.15) is 5.03 Å². The Hall–Kier alpha value is -3.22. The van der Waals surface area contributed by atoms with E-state index in [2.05, 4.69) is 36.2 Å². The van der Waals surface area contributed by atoms with E-state index in [1.54, 1.807) is 18.0 Å². The Bertz CT molecular complexity index is 1290. The van der Waals surface area contributed by atoms with Crippen LogP contribution in [0, 0.1) is 13.8 Å². The van der Waals surface area contributed by atoms with Crippen LogP contribution in [0.1, 0.15) is 33.5 Å². The number of hydrogen-bond acceptors (Lipinski definition) is 6. The first kappa shape index (κ1) is 20.7. The molecule has 1 aliphatic heterocycles. The van der Waals surface area contributed by atoms with Gasteiger partial charge in [-0.25, -0.2) is 4.98 Å². The lowest BCUT2D eigenvalue weighted by Gasteiger charge is -2.24. The van der Waals surface area contributed by atoms with Gasteiger partial charge < -0.3 is 9.84 Å².